The molecule has 0 radical (unpaired) electrons. The third kappa shape index (κ3) is 2.45. The van der Waals surface area contributed by atoms with Gasteiger partial charge in [0.2, 0.25) is 0 Å². The van der Waals surface area contributed by atoms with Crippen LogP contribution in [0.25, 0.3) is 16.6 Å². The van der Waals surface area contributed by atoms with Crippen LogP contribution < -0.4 is 5.56 Å². The van der Waals surface area contributed by atoms with Gasteiger partial charge in [0, 0.05) is 23.2 Å². The Morgan fingerprint density at radius 1 is 1.13 bits per heavy atom. The van der Waals surface area contributed by atoms with E-state index in [2.05, 4.69) is 0 Å². The van der Waals surface area contributed by atoms with Crippen LogP contribution in [0.3, 0.4) is 0 Å². The molecule has 0 atom stereocenters. The lowest BCUT2D eigenvalue weighted by molar-refractivity contribution is -0.384. The molecule has 0 N–H and O–H groups in total. The third-order valence-corrected chi connectivity index (χ3v) is 3.60. The lowest BCUT2D eigenvalue weighted by Crippen LogP contribution is -2.21. The van der Waals surface area contributed by atoms with E-state index in [4.69, 9.17) is 5.26 Å². The van der Waals surface area contributed by atoms with Crippen molar-refractivity contribution in [3.8, 4) is 11.8 Å². The molecule has 0 saturated heterocycles. The highest BCUT2D eigenvalue weighted by atomic mass is 16.6. The summed E-state index contributed by atoms with van der Waals surface area (Å²) in [6.07, 6.45) is 0. The first-order valence-corrected chi connectivity index (χ1v) is 6.82. The summed E-state index contributed by atoms with van der Waals surface area (Å²) in [6, 6.07) is 14.7. The predicted octanol–water partition coefficient (Wildman–Crippen LogP) is 3.08. The quantitative estimate of drug-likeness (QED) is 0.537. The maximum Gasteiger partial charge on any atom is 0.273 e. The zero-order valence-corrected chi connectivity index (χ0v) is 12.2. The fraction of sp³-hybridized carbons (Fsp3) is 0.0588. The molecule has 23 heavy (non-hydrogen) atoms. The summed E-state index contributed by atoms with van der Waals surface area (Å²) in [5.74, 6) is 0. The van der Waals surface area contributed by atoms with Crippen molar-refractivity contribution in [1.82, 2.24) is 4.57 Å². The standard InChI is InChI=1S/C17H11N3O3/c1-11-2-3-12-9-13(10-18)17(21)19(16(12)8-11)14-4-6-15(7-5-14)20(22)23/h2-9H,1H3. The van der Waals surface area contributed by atoms with Gasteiger partial charge in [-0.1, -0.05) is 12.1 Å². The van der Waals surface area contributed by atoms with Crippen molar-refractivity contribution in [2.24, 2.45) is 0 Å². The van der Waals surface area contributed by atoms with E-state index in [0.717, 1.165) is 10.9 Å². The molecule has 0 aliphatic carbocycles. The van der Waals surface area contributed by atoms with E-state index in [1.807, 2.05) is 31.2 Å². The molecule has 0 fully saturated rings. The molecule has 2 aromatic carbocycles. The summed E-state index contributed by atoms with van der Waals surface area (Å²) in [4.78, 5) is 22.8. The van der Waals surface area contributed by atoms with Crippen molar-refractivity contribution >= 4 is 16.6 Å². The van der Waals surface area contributed by atoms with E-state index in [9.17, 15) is 14.9 Å². The summed E-state index contributed by atoms with van der Waals surface area (Å²) in [5.41, 5.74) is 1.63. The molecule has 0 aliphatic rings. The SMILES string of the molecule is Cc1ccc2cc(C#N)c(=O)n(-c3ccc([N+](=O)[O-])cc3)c2c1. The van der Waals surface area contributed by atoms with Crippen LogP contribution in [-0.2, 0) is 0 Å². The molecule has 0 spiro atoms. The Kier molecular flexibility index (Phi) is 3.39. The van der Waals surface area contributed by atoms with Crippen molar-refractivity contribution in [2.45, 2.75) is 6.92 Å². The smallest absolute Gasteiger partial charge is 0.273 e. The van der Waals surface area contributed by atoms with E-state index < -0.39 is 10.5 Å². The van der Waals surface area contributed by atoms with Gasteiger partial charge < -0.3 is 0 Å². The van der Waals surface area contributed by atoms with Crippen LogP contribution in [0.1, 0.15) is 11.1 Å². The number of non-ortho nitro benzene ring substituents is 1. The number of aryl methyl sites for hydroxylation is 1. The second kappa shape index (κ2) is 5.39. The van der Waals surface area contributed by atoms with Gasteiger partial charge in [-0.05, 0) is 36.8 Å². The van der Waals surface area contributed by atoms with Crippen molar-refractivity contribution < 1.29 is 4.92 Å². The van der Waals surface area contributed by atoms with Crippen molar-refractivity contribution in [2.75, 3.05) is 0 Å². The Labute approximate surface area is 131 Å². The fourth-order valence-electron chi connectivity index (χ4n) is 2.48. The number of nitro groups is 1. The lowest BCUT2D eigenvalue weighted by atomic mass is 10.1. The Morgan fingerprint density at radius 2 is 1.83 bits per heavy atom. The van der Waals surface area contributed by atoms with E-state index in [-0.39, 0.29) is 11.3 Å². The number of benzene rings is 2. The van der Waals surface area contributed by atoms with Gasteiger partial charge in [-0.2, -0.15) is 5.26 Å². The topological polar surface area (TPSA) is 88.9 Å². The molecular formula is C17H11N3O3. The highest BCUT2D eigenvalue weighted by molar-refractivity contribution is 5.82. The van der Waals surface area contributed by atoms with Gasteiger partial charge in [-0.15, -0.1) is 0 Å². The van der Waals surface area contributed by atoms with Crippen molar-refractivity contribution in [1.29, 1.82) is 5.26 Å². The lowest BCUT2D eigenvalue weighted by Gasteiger charge is -2.11. The Hall–Kier alpha value is -3.46. The van der Waals surface area contributed by atoms with Gasteiger partial charge in [0.1, 0.15) is 11.6 Å². The zero-order chi connectivity index (χ0) is 16.6. The predicted molar refractivity (Wildman–Crippen MR) is 85.7 cm³/mol. The van der Waals surface area contributed by atoms with Gasteiger partial charge in [0.15, 0.2) is 0 Å². The number of nitrogens with zero attached hydrogens (tertiary/aromatic N) is 3. The monoisotopic (exact) mass is 305 g/mol. The molecule has 6 heteroatoms. The van der Waals surface area contributed by atoms with Crippen LogP contribution in [0.4, 0.5) is 5.69 Å². The Balaban J connectivity index is 2.37. The normalized spacial score (nSPS) is 10.4. The molecule has 0 amide bonds. The van der Waals surface area contributed by atoms with Crippen LogP contribution in [-0.4, -0.2) is 9.49 Å². The number of rotatable bonds is 2. The summed E-state index contributed by atoms with van der Waals surface area (Å²) >= 11 is 0. The van der Waals surface area contributed by atoms with E-state index in [1.54, 1.807) is 6.07 Å². The summed E-state index contributed by atoms with van der Waals surface area (Å²) in [7, 11) is 0. The third-order valence-electron chi connectivity index (χ3n) is 3.60. The highest BCUT2D eigenvalue weighted by Crippen LogP contribution is 2.21. The van der Waals surface area contributed by atoms with Crippen molar-refractivity contribution in [3.63, 3.8) is 0 Å². The molecule has 0 saturated carbocycles. The molecule has 3 aromatic rings. The second-order valence-electron chi connectivity index (χ2n) is 5.15. The fourth-order valence-corrected chi connectivity index (χ4v) is 2.48. The first-order valence-electron chi connectivity index (χ1n) is 6.82. The highest BCUT2D eigenvalue weighted by Gasteiger charge is 2.12. The second-order valence-corrected chi connectivity index (χ2v) is 5.15. The Bertz CT molecular complexity index is 1030. The number of nitriles is 1. The molecule has 1 heterocycles. The minimum absolute atomic E-state index is 0.0275. The molecule has 112 valence electrons. The molecule has 0 aliphatic heterocycles. The van der Waals surface area contributed by atoms with E-state index in [1.165, 1.54) is 28.8 Å². The molecule has 0 unspecified atom stereocenters. The molecule has 6 nitrogen and oxygen atoms in total. The summed E-state index contributed by atoms with van der Waals surface area (Å²) in [6.45, 7) is 1.91. The minimum Gasteiger partial charge on any atom is -0.276 e. The molecule has 3 rings (SSSR count). The van der Waals surface area contributed by atoms with Gasteiger partial charge in [-0.25, -0.2) is 0 Å². The zero-order valence-electron chi connectivity index (χ0n) is 12.2. The van der Waals surface area contributed by atoms with Crippen LogP contribution in [0.2, 0.25) is 0 Å². The van der Waals surface area contributed by atoms with Gasteiger partial charge >= 0.3 is 0 Å². The van der Waals surface area contributed by atoms with Gasteiger partial charge in [-0.3, -0.25) is 19.5 Å². The summed E-state index contributed by atoms with van der Waals surface area (Å²) in [5, 5.41) is 20.7. The van der Waals surface area contributed by atoms with Crippen LogP contribution >= 0.6 is 0 Å². The molecular weight excluding hydrogens is 294 g/mol. The van der Waals surface area contributed by atoms with Crippen LogP contribution in [0.5, 0.6) is 0 Å². The van der Waals surface area contributed by atoms with Crippen LogP contribution in [0, 0.1) is 28.4 Å². The van der Waals surface area contributed by atoms with E-state index >= 15 is 0 Å². The maximum absolute atomic E-state index is 12.6. The average molecular weight is 305 g/mol. The number of nitro benzene ring substituents is 1. The minimum atomic E-state index is -0.499. The van der Waals surface area contributed by atoms with E-state index in [0.29, 0.717) is 11.2 Å². The summed E-state index contributed by atoms with van der Waals surface area (Å²) < 4.78 is 1.41. The van der Waals surface area contributed by atoms with Crippen LogP contribution in [0.15, 0.2) is 53.3 Å². The molecule has 0 bridgehead atoms. The average Bonchev–Trinajstić information content (AvgIpc) is 2.54. The molecule has 1 aromatic heterocycles. The number of hydrogen-bond acceptors (Lipinski definition) is 4. The Morgan fingerprint density at radius 3 is 2.43 bits per heavy atom. The maximum atomic E-state index is 12.6. The number of aromatic nitrogens is 1. The largest absolute Gasteiger partial charge is 0.276 e. The van der Waals surface area contributed by atoms with Gasteiger partial charge in [0.25, 0.3) is 11.2 Å². The van der Waals surface area contributed by atoms with Crippen molar-refractivity contribution in [3.05, 3.63) is 80.1 Å². The number of fused-ring (bicyclic) bond motifs is 1. The van der Waals surface area contributed by atoms with Gasteiger partial charge in [0.05, 0.1) is 10.4 Å². The first kappa shape index (κ1) is 14.5. The number of hydrogen-bond donors (Lipinski definition) is 0. The number of pyridine rings is 1. The first-order chi connectivity index (χ1) is 11.0.